The summed E-state index contributed by atoms with van der Waals surface area (Å²) in [6.07, 6.45) is 1.21. The molecule has 0 aliphatic carbocycles. The highest BCUT2D eigenvalue weighted by Gasteiger charge is 2.09. The van der Waals surface area contributed by atoms with Gasteiger partial charge in [-0.05, 0) is 42.7 Å². The summed E-state index contributed by atoms with van der Waals surface area (Å²) in [6, 6.07) is 15.2. The maximum Gasteiger partial charge on any atom is 0.194 e. The standard InChI is InChI=1S/C20H27N3O2S/c1-5-21-20(23(3)15-18-9-7-6-8-16(18)2)22-14-17-10-12-19(13-11-17)26(4,24)25/h6-13H,5,14-15H2,1-4H3,(H,21,22). The summed E-state index contributed by atoms with van der Waals surface area (Å²) in [5.74, 6) is 0.822. The lowest BCUT2D eigenvalue weighted by molar-refractivity contribution is 0.475. The van der Waals surface area contributed by atoms with Crippen LogP contribution in [0.15, 0.2) is 58.4 Å². The van der Waals surface area contributed by atoms with Crippen LogP contribution in [-0.4, -0.2) is 39.1 Å². The molecule has 0 bridgehead atoms. The fraction of sp³-hybridized carbons (Fsp3) is 0.350. The quantitative estimate of drug-likeness (QED) is 0.625. The number of aryl methyl sites for hydroxylation is 1. The molecule has 26 heavy (non-hydrogen) atoms. The summed E-state index contributed by atoms with van der Waals surface area (Å²) < 4.78 is 23.1. The second-order valence-electron chi connectivity index (χ2n) is 6.37. The Bertz CT molecular complexity index is 859. The van der Waals surface area contributed by atoms with Gasteiger partial charge in [0.2, 0.25) is 0 Å². The molecule has 2 aromatic carbocycles. The smallest absolute Gasteiger partial charge is 0.194 e. The van der Waals surface area contributed by atoms with E-state index in [-0.39, 0.29) is 0 Å². The van der Waals surface area contributed by atoms with E-state index in [0.717, 1.165) is 24.6 Å². The lowest BCUT2D eigenvalue weighted by atomic mass is 10.1. The lowest BCUT2D eigenvalue weighted by Crippen LogP contribution is -2.38. The molecular formula is C20H27N3O2S. The van der Waals surface area contributed by atoms with Gasteiger partial charge >= 0.3 is 0 Å². The van der Waals surface area contributed by atoms with Gasteiger partial charge in [0.1, 0.15) is 0 Å². The van der Waals surface area contributed by atoms with Crippen molar-refractivity contribution in [3.8, 4) is 0 Å². The maximum absolute atomic E-state index is 11.5. The summed E-state index contributed by atoms with van der Waals surface area (Å²) in [4.78, 5) is 7.10. The van der Waals surface area contributed by atoms with E-state index < -0.39 is 9.84 Å². The van der Waals surface area contributed by atoms with Crippen molar-refractivity contribution < 1.29 is 8.42 Å². The Balaban J connectivity index is 2.11. The molecule has 0 heterocycles. The average Bonchev–Trinajstić information content (AvgIpc) is 2.60. The van der Waals surface area contributed by atoms with Crippen LogP contribution in [0.3, 0.4) is 0 Å². The van der Waals surface area contributed by atoms with Gasteiger partial charge in [-0.2, -0.15) is 0 Å². The van der Waals surface area contributed by atoms with Crippen LogP contribution in [0.2, 0.25) is 0 Å². The molecule has 0 atom stereocenters. The second-order valence-corrected chi connectivity index (χ2v) is 8.38. The van der Waals surface area contributed by atoms with Crippen LogP contribution in [0.25, 0.3) is 0 Å². The Morgan fingerprint density at radius 3 is 2.35 bits per heavy atom. The van der Waals surface area contributed by atoms with Gasteiger partial charge in [-0.3, -0.25) is 0 Å². The van der Waals surface area contributed by atoms with Crippen molar-refractivity contribution in [2.45, 2.75) is 31.8 Å². The van der Waals surface area contributed by atoms with Crippen molar-refractivity contribution >= 4 is 15.8 Å². The largest absolute Gasteiger partial charge is 0.357 e. The molecule has 6 heteroatoms. The zero-order valence-electron chi connectivity index (χ0n) is 15.9. The van der Waals surface area contributed by atoms with Crippen LogP contribution in [-0.2, 0) is 22.9 Å². The number of hydrogen-bond donors (Lipinski definition) is 1. The molecule has 0 aliphatic heterocycles. The summed E-state index contributed by atoms with van der Waals surface area (Å²) in [7, 11) is -1.15. The van der Waals surface area contributed by atoms with E-state index in [1.165, 1.54) is 17.4 Å². The van der Waals surface area contributed by atoms with Crippen LogP contribution >= 0.6 is 0 Å². The van der Waals surface area contributed by atoms with Gasteiger partial charge < -0.3 is 10.2 Å². The Morgan fingerprint density at radius 2 is 1.77 bits per heavy atom. The van der Waals surface area contributed by atoms with Crippen molar-refractivity contribution in [2.75, 3.05) is 19.8 Å². The third-order valence-corrected chi connectivity index (χ3v) is 5.26. The zero-order chi connectivity index (χ0) is 19.2. The molecular weight excluding hydrogens is 346 g/mol. The van der Waals surface area contributed by atoms with E-state index in [2.05, 4.69) is 34.3 Å². The highest BCUT2D eigenvalue weighted by atomic mass is 32.2. The number of nitrogens with one attached hydrogen (secondary N) is 1. The number of aliphatic imine (C=N–C) groups is 1. The SMILES string of the molecule is CCNC(=NCc1ccc(S(C)(=O)=O)cc1)N(C)Cc1ccccc1C. The van der Waals surface area contributed by atoms with Crippen molar-refractivity contribution in [2.24, 2.45) is 4.99 Å². The summed E-state index contributed by atoms with van der Waals surface area (Å²) in [6.45, 7) is 6.19. The van der Waals surface area contributed by atoms with E-state index in [9.17, 15) is 8.42 Å². The number of nitrogens with zero attached hydrogens (tertiary/aromatic N) is 2. The summed E-state index contributed by atoms with van der Waals surface area (Å²) >= 11 is 0. The third kappa shape index (κ3) is 5.59. The van der Waals surface area contributed by atoms with E-state index in [4.69, 9.17) is 0 Å². The van der Waals surface area contributed by atoms with Crippen LogP contribution < -0.4 is 5.32 Å². The molecule has 0 fully saturated rings. The Labute approximate surface area is 156 Å². The highest BCUT2D eigenvalue weighted by Crippen LogP contribution is 2.12. The first kappa shape index (κ1) is 20.0. The molecule has 0 radical (unpaired) electrons. The molecule has 0 amide bonds. The first-order valence-electron chi connectivity index (χ1n) is 8.64. The first-order valence-corrected chi connectivity index (χ1v) is 10.5. The molecule has 140 valence electrons. The van der Waals surface area contributed by atoms with Crippen molar-refractivity contribution in [1.82, 2.24) is 10.2 Å². The van der Waals surface area contributed by atoms with E-state index in [0.29, 0.717) is 11.4 Å². The lowest BCUT2D eigenvalue weighted by Gasteiger charge is -2.23. The van der Waals surface area contributed by atoms with Gasteiger partial charge in [-0.1, -0.05) is 36.4 Å². The monoisotopic (exact) mass is 373 g/mol. The van der Waals surface area contributed by atoms with Crippen molar-refractivity contribution in [3.05, 3.63) is 65.2 Å². The Kier molecular flexibility index (Phi) is 6.80. The number of sulfone groups is 1. The minimum absolute atomic E-state index is 0.328. The molecule has 0 spiro atoms. The Morgan fingerprint density at radius 1 is 1.12 bits per heavy atom. The topological polar surface area (TPSA) is 61.8 Å². The van der Waals surface area contributed by atoms with Gasteiger partial charge in [0.05, 0.1) is 11.4 Å². The van der Waals surface area contributed by atoms with Gasteiger partial charge in [-0.15, -0.1) is 0 Å². The molecule has 0 aliphatic rings. The zero-order valence-corrected chi connectivity index (χ0v) is 16.7. The molecule has 0 unspecified atom stereocenters. The number of hydrogen-bond acceptors (Lipinski definition) is 3. The summed E-state index contributed by atoms with van der Waals surface area (Å²) in [5.41, 5.74) is 3.49. The third-order valence-electron chi connectivity index (χ3n) is 4.13. The molecule has 0 saturated carbocycles. The summed E-state index contributed by atoms with van der Waals surface area (Å²) in [5, 5.41) is 3.31. The second kappa shape index (κ2) is 8.85. The molecule has 0 aromatic heterocycles. The van der Waals surface area contributed by atoms with Crippen LogP contribution in [0.1, 0.15) is 23.6 Å². The van der Waals surface area contributed by atoms with Crippen molar-refractivity contribution in [3.63, 3.8) is 0 Å². The normalized spacial score (nSPS) is 12.1. The molecule has 5 nitrogen and oxygen atoms in total. The van der Waals surface area contributed by atoms with Crippen LogP contribution in [0.5, 0.6) is 0 Å². The molecule has 0 saturated heterocycles. The highest BCUT2D eigenvalue weighted by molar-refractivity contribution is 7.90. The number of rotatable bonds is 6. The fourth-order valence-corrected chi connectivity index (χ4v) is 3.23. The maximum atomic E-state index is 11.5. The van der Waals surface area contributed by atoms with Crippen molar-refractivity contribution in [1.29, 1.82) is 0 Å². The molecule has 2 rings (SSSR count). The van der Waals surface area contributed by atoms with Gasteiger partial charge in [0.25, 0.3) is 0 Å². The first-order chi connectivity index (χ1) is 12.3. The predicted octanol–water partition coefficient (Wildman–Crippen LogP) is 3.00. The fourth-order valence-electron chi connectivity index (χ4n) is 2.60. The van der Waals surface area contributed by atoms with Crippen LogP contribution in [0, 0.1) is 6.92 Å². The minimum Gasteiger partial charge on any atom is -0.357 e. The van der Waals surface area contributed by atoms with Gasteiger partial charge in [-0.25, -0.2) is 13.4 Å². The Hall–Kier alpha value is -2.34. The predicted molar refractivity (Wildman–Crippen MR) is 107 cm³/mol. The average molecular weight is 374 g/mol. The van der Waals surface area contributed by atoms with E-state index >= 15 is 0 Å². The minimum atomic E-state index is -3.17. The van der Waals surface area contributed by atoms with Crippen LogP contribution in [0.4, 0.5) is 0 Å². The molecule has 2 aromatic rings. The number of benzene rings is 2. The van der Waals surface area contributed by atoms with E-state index in [1.54, 1.807) is 12.1 Å². The number of guanidine groups is 1. The molecule has 1 N–H and O–H groups in total. The van der Waals surface area contributed by atoms with Gasteiger partial charge in [0, 0.05) is 26.4 Å². The van der Waals surface area contributed by atoms with E-state index in [1.807, 2.05) is 38.2 Å². The van der Waals surface area contributed by atoms with Gasteiger partial charge in [0.15, 0.2) is 15.8 Å².